The van der Waals surface area contributed by atoms with E-state index in [9.17, 15) is 0 Å². The second-order valence-corrected chi connectivity index (χ2v) is 4.56. The van der Waals surface area contributed by atoms with Crippen LogP contribution in [0.2, 0.25) is 0 Å². The minimum Gasteiger partial charge on any atom is -0.376 e. The molecule has 1 aromatic rings. The zero-order valence-corrected chi connectivity index (χ0v) is 9.73. The van der Waals surface area contributed by atoms with Crippen molar-refractivity contribution in [3.05, 3.63) is 35.9 Å². The summed E-state index contributed by atoms with van der Waals surface area (Å²) in [5.74, 6) is 6.22. The van der Waals surface area contributed by atoms with E-state index in [4.69, 9.17) is 10.6 Å². The Morgan fingerprint density at radius 2 is 2.19 bits per heavy atom. The van der Waals surface area contributed by atoms with Crippen LogP contribution in [0.1, 0.15) is 18.9 Å². The lowest BCUT2D eigenvalue weighted by molar-refractivity contribution is 0.0610. The number of hydrogen-bond acceptors (Lipinski definition) is 3. The van der Waals surface area contributed by atoms with Gasteiger partial charge in [-0.2, -0.15) is 0 Å². The Bertz CT molecular complexity index is 315. The Hall–Kier alpha value is -0.900. The van der Waals surface area contributed by atoms with Crippen LogP contribution >= 0.6 is 0 Å². The highest BCUT2D eigenvalue weighted by Crippen LogP contribution is 2.24. The molecular weight excluding hydrogens is 200 g/mol. The van der Waals surface area contributed by atoms with Gasteiger partial charge in [0.05, 0.1) is 12.1 Å². The summed E-state index contributed by atoms with van der Waals surface area (Å²) in [6.07, 6.45) is 2.30. The lowest BCUT2D eigenvalue weighted by atomic mass is 9.93. The molecule has 1 aromatic carbocycles. The van der Waals surface area contributed by atoms with Crippen molar-refractivity contribution < 1.29 is 4.74 Å². The number of benzene rings is 1. The van der Waals surface area contributed by atoms with E-state index in [0.717, 1.165) is 19.4 Å². The molecule has 88 valence electrons. The molecule has 3 N–H and O–H groups in total. The number of hydrogen-bond donors (Lipinski definition) is 2. The van der Waals surface area contributed by atoms with Gasteiger partial charge in [-0.15, -0.1) is 0 Å². The zero-order chi connectivity index (χ0) is 11.4. The minimum atomic E-state index is 0.208. The number of nitrogens with two attached hydrogens (primary N) is 1. The van der Waals surface area contributed by atoms with Crippen LogP contribution < -0.4 is 11.3 Å². The third-order valence-electron chi connectivity index (χ3n) is 3.35. The van der Waals surface area contributed by atoms with E-state index in [1.165, 1.54) is 5.56 Å². The van der Waals surface area contributed by atoms with Gasteiger partial charge in [0.2, 0.25) is 0 Å². The van der Waals surface area contributed by atoms with Crippen molar-refractivity contribution in [1.29, 1.82) is 0 Å². The van der Waals surface area contributed by atoms with Crippen molar-refractivity contribution in [3.63, 3.8) is 0 Å². The Kier molecular flexibility index (Phi) is 3.93. The van der Waals surface area contributed by atoms with Gasteiger partial charge in [-0.1, -0.05) is 37.3 Å². The summed E-state index contributed by atoms with van der Waals surface area (Å²) in [5.41, 5.74) is 4.20. The van der Waals surface area contributed by atoms with E-state index in [-0.39, 0.29) is 12.1 Å². The number of hydrazine groups is 1. The molecule has 0 aliphatic carbocycles. The van der Waals surface area contributed by atoms with Crippen LogP contribution in [-0.4, -0.2) is 18.8 Å². The van der Waals surface area contributed by atoms with Crippen LogP contribution in [0.5, 0.6) is 0 Å². The Morgan fingerprint density at radius 3 is 2.75 bits per heavy atom. The van der Waals surface area contributed by atoms with Gasteiger partial charge in [0, 0.05) is 6.61 Å². The maximum absolute atomic E-state index is 5.75. The van der Waals surface area contributed by atoms with E-state index in [1.807, 2.05) is 6.07 Å². The van der Waals surface area contributed by atoms with Crippen LogP contribution in [0.15, 0.2) is 30.3 Å². The number of ether oxygens (including phenoxy) is 1. The highest BCUT2D eigenvalue weighted by Gasteiger charge is 2.31. The van der Waals surface area contributed by atoms with Crippen LogP contribution in [0.4, 0.5) is 0 Å². The predicted molar refractivity (Wildman–Crippen MR) is 64.8 cm³/mol. The molecule has 0 bridgehead atoms. The second-order valence-electron chi connectivity index (χ2n) is 4.56. The van der Waals surface area contributed by atoms with Gasteiger partial charge in [-0.3, -0.25) is 11.3 Å². The summed E-state index contributed by atoms with van der Waals surface area (Å²) in [6.45, 7) is 3.09. The van der Waals surface area contributed by atoms with Crippen molar-refractivity contribution in [2.45, 2.75) is 31.9 Å². The first kappa shape index (κ1) is 11.6. The molecule has 3 heteroatoms. The number of rotatable bonds is 4. The zero-order valence-electron chi connectivity index (χ0n) is 9.73. The summed E-state index contributed by atoms with van der Waals surface area (Å²) >= 11 is 0. The van der Waals surface area contributed by atoms with Gasteiger partial charge < -0.3 is 4.74 Å². The SMILES string of the molecule is CC1CCOC1C(Cc1ccccc1)NN. The molecule has 3 atom stereocenters. The molecule has 1 saturated heterocycles. The monoisotopic (exact) mass is 220 g/mol. The second kappa shape index (κ2) is 5.43. The largest absolute Gasteiger partial charge is 0.376 e. The molecule has 0 radical (unpaired) electrons. The topological polar surface area (TPSA) is 47.3 Å². The van der Waals surface area contributed by atoms with Crippen molar-refractivity contribution in [3.8, 4) is 0 Å². The van der Waals surface area contributed by atoms with Crippen LogP contribution in [-0.2, 0) is 11.2 Å². The minimum absolute atomic E-state index is 0.208. The van der Waals surface area contributed by atoms with E-state index in [2.05, 4.69) is 36.6 Å². The fraction of sp³-hybridized carbons (Fsp3) is 0.538. The van der Waals surface area contributed by atoms with Gasteiger partial charge >= 0.3 is 0 Å². The standard InChI is InChI=1S/C13H20N2O/c1-10-7-8-16-13(10)12(15-14)9-11-5-3-2-4-6-11/h2-6,10,12-13,15H,7-9,14H2,1H3. The highest BCUT2D eigenvalue weighted by molar-refractivity contribution is 5.16. The molecule has 1 aliphatic heterocycles. The maximum Gasteiger partial charge on any atom is 0.0771 e. The first-order chi connectivity index (χ1) is 7.81. The summed E-state index contributed by atoms with van der Waals surface area (Å²) in [4.78, 5) is 0. The summed E-state index contributed by atoms with van der Waals surface area (Å²) in [5, 5.41) is 0. The molecular formula is C13H20N2O. The van der Waals surface area contributed by atoms with Crippen molar-refractivity contribution >= 4 is 0 Å². The summed E-state index contributed by atoms with van der Waals surface area (Å²) in [6, 6.07) is 10.6. The highest BCUT2D eigenvalue weighted by atomic mass is 16.5. The van der Waals surface area contributed by atoms with Gasteiger partial charge in [-0.25, -0.2) is 0 Å². The van der Waals surface area contributed by atoms with E-state index in [0.29, 0.717) is 5.92 Å². The third-order valence-corrected chi connectivity index (χ3v) is 3.35. The fourth-order valence-electron chi connectivity index (χ4n) is 2.37. The predicted octanol–water partition coefficient (Wildman–Crippen LogP) is 1.49. The molecule has 16 heavy (non-hydrogen) atoms. The van der Waals surface area contributed by atoms with Gasteiger partial charge in [0.25, 0.3) is 0 Å². The Labute approximate surface area is 97.0 Å². The summed E-state index contributed by atoms with van der Waals surface area (Å²) < 4.78 is 5.75. The van der Waals surface area contributed by atoms with Crippen molar-refractivity contribution in [2.75, 3.05) is 6.61 Å². The average Bonchev–Trinajstić information content (AvgIpc) is 2.74. The van der Waals surface area contributed by atoms with Crippen LogP contribution in [0.25, 0.3) is 0 Å². The van der Waals surface area contributed by atoms with E-state index >= 15 is 0 Å². The molecule has 3 nitrogen and oxygen atoms in total. The lowest BCUT2D eigenvalue weighted by Crippen LogP contribution is -2.47. The van der Waals surface area contributed by atoms with Crippen LogP contribution in [0.3, 0.4) is 0 Å². The Balaban J connectivity index is 2.00. The molecule has 1 heterocycles. The molecule has 0 spiro atoms. The lowest BCUT2D eigenvalue weighted by Gasteiger charge is -2.25. The van der Waals surface area contributed by atoms with Gasteiger partial charge in [0.1, 0.15) is 0 Å². The molecule has 0 amide bonds. The Morgan fingerprint density at radius 1 is 1.44 bits per heavy atom. The van der Waals surface area contributed by atoms with Gasteiger partial charge in [-0.05, 0) is 24.3 Å². The van der Waals surface area contributed by atoms with Crippen LogP contribution in [0, 0.1) is 5.92 Å². The molecule has 1 aliphatic rings. The quantitative estimate of drug-likeness (QED) is 0.597. The first-order valence-electron chi connectivity index (χ1n) is 5.93. The fourth-order valence-corrected chi connectivity index (χ4v) is 2.37. The molecule has 0 saturated carbocycles. The van der Waals surface area contributed by atoms with E-state index < -0.39 is 0 Å². The number of nitrogens with one attached hydrogen (secondary N) is 1. The van der Waals surface area contributed by atoms with Gasteiger partial charge in [0.15, 0.2) is 0 Å². The van der Waals surface area contributed by atoms with Crippen molar-refractivity contribution in [2.24, 2.45) is 11.8 Å². The molecule has 3 unspecified atom stereocenters. The molecule has 0 aromatic heterocycles. The van der Waals surface area contributed by atoms with Crippen molar-refractivity contribution in [1.82, 2.24) is 5.43 Å². The smallest absolute Gasteiger partial charge is 0.0771 e. The third kappa shape index (κ3) is 2.61. The summed E-state index contributed by atoms with van der Waals surface area (Å²) in [7, 11) is 0. The average molecular weight is 220 g/mol. The van der Waals surface area contributed by atoms with E-state index in [1.54, 1.807) is 0 Å². The molecule has 2 rings (SSSR count). The maximum atomic E-state index is 5.75. The first-order valence-corrected chi connectivity index (χ1v) is 5.93. The normalized spacial score (nSPS) is 26.9. The molecule has 1 fully saturated rings.